The largest absolute Gasteiger partial charge is 0.457 e. The smallest absolute Gasteiger partial charge is 0.319 e. The zero-order valence-corrected chi connectivity index (χ0v) is 30.4. The Morgan fingerprint density at radius 3 is 2.25 bits per heavy atom. The van der Waals surface area contributed by atoms with E-state index in [9.17, 15) is 9.90 Å². The number of nitrogens with zero attached hydrogens (tertiary/aromatic N) is 2. The Hall–Kier alpha value is -5.16. The van der Waals surface area contributed by atoms with Crippen molar-refractivity contribution in [3.05, 3.63) is 166 Å². The number of hydrogen-bond acceptors (Lipinski definition) is 6. The maximum Gasteiger partial charge on any atom is 0.319 e. The lowest BCUT2D eigenvalue weighted by Crippen LogP contribution is -2.39. The van der Waals surface area contributed by atoms with Gasteiger partial charge in [0, 0.05) is 23.7 Å². The molecule has 11 heteroatoms. The summed E-state index contributed by atoms with van der Waals surface area (Å²) < 4.78 is 20.9. The summed E-state index contributed by atoms with van der Waals surface area (Å²) in [5.41, 5.74) is 6.22. The van der Waals surface area contributed by atoms with E-state index in [4.69, 9.17) is 37.4 Å². The number of carbonyl (C=O) groups is 1. The molecule has 0 bridgehead atoms. The fraction of sp³-hybridized carbons (Fsp3) is 0.190. The zero-order chi connectivity index (χ0) is 36.7. The molecule has 4 atom stereocenters. The molecular formula is C42H38Cl2N4O5. The number of urea groups is 1. The predicted octanol–water partition coefficient (Wildman–Crippen LogP) is 9.95. The second kappa shape index (κ2) is 16.7. The Balaban J connectivity index is 1.03. The number of imidazole rings is 1. The number of rotatable bonds is 11. The molecule has 0 radical (unpaired) electrons. The molecule has 1 aliphatic rings. The fourth-order valence-corrected chi connectivity index (χ4v) is 6.62. The van der Waals surface area contributed by atoms with E-state index in [1.54, 1.807) is 23.0 Å². The number of aromatic nitrogens is 2. The van der Waals surface area contributed by atoms with Crippen LogP contribution in [-0.2, 0) is 29.2 Å². The first-order valence-electron chi connectivity index (χ1n) is 17.3. The first-order chi connectivity index (χ1) is 25.8. The van der Waals surface area contributed by atoms with E-state index in [1.807, 2.05) is 103 Å². The van der Waals surface area contributed by atoms with Crippen LogP contribution in [0, 0.1) is 5.92 Å². The van der Waals surface area contributed by atoms with Crippen LogP contribution in [0.2, 0.25) is 10.3 Å². The van der Waals surface area contributed by atoms with E-state index in [0.29, 0.717) is 29.7 Å². The van der Waals surface area contributed by atoms with Gasteiger partial charge in [-0.15, -0.1) is 0 Å². The van der Waals surface area contributed by atoms with Crippen LogP contribution in [0.4, 0.5) is 10.5 Å². The van der Waals surface area contributed by atoms with Gasteiger partial charge in [-0.3, -0.25) is 0 Å². The van der Waals surface area contributed by atoms with Gasteiger partial charge in [0.25, 0.3) is 0 Å². The summed E-state index contributed by atoms with van der Waals surface area (Å²) in [4.78, 5) is 16.9. The van der Waals surface area contributed by atoms with E-state index in [-0.39, 0.29) is 35.9 Å². The summed E-state index contributed by atoms with van der Waals surface area (Å²) in [5, 5.41) is 16.0. The Bertz CT molecular complexity index is 2140. The molecule has 53 heavy (non-hydrogen) atoms. The summed E-state index contributed by atoms with van der Waals surface area (Å²) in [7, 11) is 0. The lowest BCUT2D eigenvalue weighted by molar-refractivity contribution is -0.276. The molecule has 2 heterocycles. The SMILES string of the molecule is C[C@H]1[C@@H](Cn2cnc(Cl)c2Cl)O[C@@H](c2cccc(-c3cccc(CNC(=O)Nc4ccc(Oc5ccccc5)cc4)c3)c2)O[C@H]1c1ccc(CO)cc1. The summed E-state index contributed by atoms with van der Waals surface area (Å²) in [6.07, 6.45) is 0.351. The van der Waals surface area contributed by atoms with Crippen LogP contribution < -0.4 is 15.4 Å². The predicted molar refractivity (Wildman–Crippen MR) is 206 cm³/mol. The number of para-hydroxylation sites is 1. The minimum Gasteiger partial charge on any atom is -0.457 e. The van der Waals surface area contributed by atoms with E-state index in [1.165, 1.54) is 0 Å². The van der Waals surface area contributed by atoms with Crippen LogP contribution in [0.25, 0.3) is 11.1 Å². The molecule has 0 unspecified atom stereocenters. The molecular weight excluding hydrogens is 711 g/mol. The molecule has 9 nitrogen and oxygen atoms in total. The molecule has 1 aromatic heterocycles. The van der Waals surface area contributed by atoms with Crippen molar-refractivity contribution >= 4 is 34.9 Å². The third-order valence-electron chi connectivity index (χ3n) is 9.20. The molecule has 5 aromatic carbocycles. The van der Waals surface area contributed by atoms with Gasteiger partial charge in [-0.05, 0) is 76.3 Å². The minimum atomic E-state index is -0.677. The molecule has 0 saturated carbocycles. The number of carbonyl (C=O) groups excluding carboxylic acids is 1. The summed E-state index contributed by atoms with van der Waals surface area (Å²) in [6, 6.07) is 40.3. The van der Waals surface area contributed by atoms with Crippen molar-refractivity contribution < 1.29 is 24.1 Å². The molecule has 3 N–H and O–H groups in total. The van der Waals surface area contributed by atoms with Gasteiger partial charge in [0.1, 0.15) is 16.7 Å². The lowest BCUT2D eigenvalue weighted by Gasteiger charge is -2.41. The molecule has 2 amide bonds. The quantitative estimate of drug-likeness (QED) is 0.122. The highest BCUT2D eigenvalue weighted by Gasteiger charge is 2.39. The number of amides is 2. The van der Waals surface area contributed by atoms with E-state index < -0.39 is 6.29 Å². The van der Waals surface area contributed by atoms with E-state index in [0.717, 1.165) is 39.1 Å². The molecule has 1 saturated heterocycles. The number of aliphatic hydroxyl groups excluding tert-OH is 1. The number of halogens is 2. The number of hydrogen-bond donors (Lipinski definition) is 3. The molecule has 270 valence electrons. The standard InChI is InChI=1S/C42H38Cl2N4O5/c1-27-37(24-48-26-46-39(43)40(48)44)52-41(53-38(27)30-15-13-28(25-49)14-16-30)33-10-6-9-32(22-33)31-8-5-7-29(21-31)23-45-42(50)47-34-17-19-36(20-18-34)51-35-11-3-2-4-12-35/h2-22,26-27,37-38,41,49H,23-25H2,1H3,(H2,45,47,50)/t27-,37+,38+,41+/m0/s1. The zero-order valence-electron chi connectivity index (χ0n) is 28.9. The Morgan fingerprint density at radius 2 is 1.53 bits per heavy atom. The monoisotopic (exact) mass is 748 g/mol. The normalized spacial score (nSPS) is 18.3. The van der Waals surface area contributed by atoms with Gasteiger partial charge in [-0.2, -0.15) is 0 Å². The van der Waals surface area contributed by atoms with Crippen molar-refractivity contribution in [3.8, 4) is 22.6 Å². The van der Waals surface area contributed by atoms with Crippen LogP contribution in [0.1, 0.15) is 41.6 Å². The van der Waals surface area contributed by atoms with Gasteiger partial charge in [0.2, 0.25) is 0 Å². The van der Waals surface area contributed by atoms with Crippen LogP contribution in [-0.4, -0.2) is 26.8 Å². The first-order valence-corrected chi connectivity index (χ1v) is 18.0. The van der Waals surface area contributed by atoms with Gasteiger partial charge in [0.05, 0.1) is 31.7 Å². The van der Waals surface area contributed by atoms with Crippen LogP contribution in [0.3, 0.4) is 0 Å². The maximum atomic E-state index is 12.8. The van der Waals surface area contributed by atoms with Gasteiger partial charge in [0.15, 0.2) is 11.4 Å². The van der Waals surface area contributed by atoms with Crippen molar-refractivity contribution in [2.45, 2.75) is 45.1 Å². The highest BCUT2D eigenvalue weighted by Crippen LogP contribution is 2.43. The average Bonchev–Trinajstić information content (AvgIpc) is 3.51. The Labute approximate surface area is 318 Å². The second-order valence-electron chi connectivity index (χ2n) is 12.9. The van der Waals surface area contributed by atoms with Crippen LogP contribution >= 0.6 is 23.2 Å². The van der Waals surface area contributed by atoms with Crippen LogP contribution in [0.5, 0.6) is 11.5 Å². The average molecular weight is 750 g/mol. The molecule has 0 aliphatic carbocycles. The molecule has 7 rings (SSSR count). The molecule has 6 aromatic rings. The number of anilines is 1. The van der Waals surface area contributed by atoms with Gasteiger partial charge >= 0.3 is 6.03 Å². The molecule has 1 aliphatic heterocycles. The summed E-state index contributed by atoms with van der Waals surface area (Å²) >= 11 is 12.6. The van der Waals surface area contributed by atoms with E-state index in [2.05, 4.69) is 34.7 Å². The number of aliphatic hydroxyl groups is 1. The molecule has 0 spiro atoms. The third kappa shape index (κ3) is 8.90. The van der Waals surface area contributed by atoms with Crippen molar-refractivity contribution in [1.82, 2.24) is 14.9 Å². The maximum absolute atomic E-state index is 12.8. The topological polar surface area (TPSA) is 107 Å². The number of nitrogens with one attached hydrogen (secondary N) is 2. The van der Waals surface area contributed by atoms with Gasteiger partial charge in [-0.25, -0.2) is 9.78 Å². The number of ether oxygens (including phenoxy) is 3. The highest BCUT2D eigenvalue weighted by molar-refractivity contribution is 6.40. The summed E-state index contributed by atoms with van der Waals surface area (Å²) in [6.45, 7) is 2.82. The Morgan fingerprint density at radius 1 is 0.811 bits per heavy atom. The van der Waals surface area contributed by atoms with Crippen molar-refractivity contribution in [1.29, 1.82) is 0 Å². The minimum absolute atomic E-state index is 0.0344. The van der Waals surface area contributed by atoms with Crippen molar-refractivity contribution in [2.24, 2.45) is 5.92 Å². The molecule has 1 fully saturated rings. The lowest BCUT2D eigenvalue weighted by atomic mass is 9.90. The first kappa shape index (κ1) is 36.2. The highest BCUT2D eigenvalue weighted by atomic mass is 35.5. The van der Waals surface area contributed by atoms with Crippen molar-refractivity contribution in [3.63, 3.8) is 0 Å². The van der Waals surface area contributed by atoms with Crippen molar-refractivity contribution in [2.75, 3.05) is 5.32 Å². The number of benzene rings is 5. The van der Waals surface area contributed by atoms with Gasteiger partial charge in [-0.1, -0.05) is 109 Å². The van der Waals surface area contributed by atoms with Crippen LogP contribution in [0.15, 0.2) is 134 Å². The van der Waals surface area contributed by atoms with E-state index >= 15 is 0 Å². The Kier molecular flexibility index (Phi) is 11.4. The third-order valence-corrected chi connectivity index (χ3v) is 9.97. The second-order valence-corrected chi connectivity index (χ2v) is 13.6. The van der Waals surface area contributed by atoms with Gasteiger partial charge < -0.3 is 34.5 Å². The summed E-state index contributed by atoms with van der Waals surface area (Å²) in [5.74, 6) is 1.37. The fourth-order valence-electron chi connectivity index (χ4n) is 6.31.